The molecule has 13 heteroatoms. The van der Waals surface area contributed by atoms with Crippen molar-refractivity contribution in [2.75, 3.05) is 5.75 Å². The van der Waals surface area contributed by atoms with Gasteiger partial charge in [-0.25, -0.2) is 27.5 Å². The van der Waals surface area contributed by atoms with Gasteiger partial charge in [-0.15, -0.1) is 5.10 Å². The van der Waals surface area contributed by atoms with Crippen molar-refractivity contribution >= 4 is 26.8 Å². The van der Waals surface area contributed by atoms with Gasteiger partial charge < -0.3 is 9.88 Å². The van der Waals surface area contributed by atoms with E-state index >= 15 is 0 Å². The van der Waals surface area contributed by atoms with Crippen molar-refractivity contribution in [3.63, 3.8) is 0 Å². The summed E-state index contributed by atoms with van der Waals surface area (Å²) in [7, 11) is -2.22. The van der Waals surface area contributed by atoms with Crippen molar-refractivity contribution in [1.82, 2.24) is 34.8 Å². The lowest BCUT2D eigenvalue weighted by Gasteiger charge is -2.41. The van der Waals surface area contributed by atoms with Gasteiger partial charge in [0.25, 0.3) is 5.56 Å². The van der Waals surface area contributed by atoms with E-state index in [1.807, 2.05) is 13.0 Å². The molecule has 0 saturated heterocycles. The van der Waals surface area contributed by atoms with Crippen LogP contribution in [-0.4, -0.2) is 55.1 Å². The molecule has 0 aliphatic heterocycles. The van der Waals surface area contributed by atoms with Crippen LogP contribution < -0.4 is 10.9 Å². The third kappa shape index (κ3) is 7.19. The second-order valence-electron chi connectivity index (χ2n) is 12.3. The van der Waals surface area contributed by atoms with Gasteiger partial charge in [0.15, 0.2) is 5.82 Å². The van der Waals surface area contributed by atoms with E-state index in [1.165, 1.54) is 16.8 Å². The highest BCUT2D eigenvalue weighted by Gasteiger charge is 2.36. The smallest absolute Gasteiger partial charge is 0.286 e. The summed E-state index contributed by atoms with van der Waals surface area (Å²) in [4.78, 5) is 34.0. The Morgan fingerprint density at radius 3 is 2.73 bits per heavy atom. The van der Waals surface area contributed by atoms with Crippen molar-refractivity contribution in [3.05, 3.63) is 76.1 Å². The minimum absolute atomic E-state index is 0.0390. The summed E-state index contributed by atoms with van der Waals surface area (Å²) in [5.74, 6) is -1.11. The van der Waals surface area contributed by atoms with Crippen molar-refractivity contribution in [2.24, 2.45) is 13.0 Å². The molecule has 2 unspecified atom stereocenters. The van der Waals surface area contributed by atoms with Crippen molar-refractivity contribution in [2.45, 2.75) is 76.5 Å². The molecule has 1 fully saturated rings. The van der Waals surface area contributed by atoms with E-state index in [9.17, 15) is 22.4 Å². The zero-order chi connectivity index (χ0) is 32.5. The number of aromatic nitrogens is 6. The Morgan fingerprint density at radius 1 is 1.22 bits per heavy atom. The molecule has 3 aromatic heterocycles. The molecule has 1 aliphatic carbocycles. The largest absolute Gasteiger partial charge is 0.350 e. The zero-order valence-electron chi connectivity index (χ0n) is 26.0. The molecular weight excluding hydrogens is 597 g/mol. The second kappa shape index (κ2) is 12.6. The van der Waals surface area contributed by atoms with Crippen LogP contribution in [0.3, 0.4) is 0 Å². The Labute approximate surface area is 261 Å². The number of rotatable bonds is 10. The molecule has 3 heterocycles. The fourth-order valence-corrected chi connectivity index (χ4v) is 7.46. The van der Waals surface area contributed by atoms with Gasteiger partial charge in [0, 0.05) is 36.5 Å². The lowest BCUT2D eigenvalue weighted by molar-refractivity contribution is -0.123. The van der Waals surface area contributed by atoms with Crippen LogP contribution in [0.15, 0.2) is 58.6 Å². The monoisotopic (exact) mass is 635 g/mol. The standard InChI is InChI=1S/C32H38FN7O4S/c1-6-32(16-20(2)12-21(3)17-32)36-29(41)8-7-11-45(43,44)31-34-22(4)13-27(35-31)24-15-25(33)30(42)40(19-24)18-23-9-10-26-28(14-23)39(5)38-37-26/h9-10,13-15,19,21H,2,6-8,11-12,16-18H2,1,3-5H3,(H,36,41). The van der Waals surface area contributed by atoms with Crippen molar-refractivity contribution < 1.29 is 17.6 Å². The first-order valence-electron chi connectivity index (χ1n) is 15.0. The number of aryl methyl sites for hydroxylation is 2. The van der Waals surface area contributed by atoms with Gasteiger partial charge in [0.1, 0.15) is 5.52 Å². The maximum atomic E-state index is 14.9. The van der Waals surface area contributed by atoms with Crippen LogP contribution in [0.1, 0.15) is 63.6 Å². The van der Waals surface area contributed by atoms with Crippen molar-refractivity contribution in [3.8, 4) is 11.3 Å². The fraction of sp³-hybridized carbons (Fsp3) is 0.438. The second-order valence-corrected chi connectivity index (χ2v) is 14.3. The molecule has 4 aromatic rings. The highest BCUT2D eigenvalue weighted by atomic mass is 32.2. The van der Waals surface area contributed by atoms with E-state index < -0.39 is 26.4 Å². The molecule has 45 heavy (non-hydrogen) atoms. The van der Waals surface area contributed by atoms with Crippen LogP contribution in [0, 0.1) is 18.7 Å². The number of hydrogen-bond acceptors (Lipinski definition) is 8. The van der Waals surface area contributed by atoms with Crippen LogP contribution in [0.5, 0.6) is 0 Å². The van der Waals surface area contributed by atoms with Gasteiger partial charge in [-0.3, -0.25) is 9.59 Å². The first-order valence-corrected chi connectivity index (χ1v) is 16.7. The number of nitrogens with one attached hydrogen (secondary N) is 1. The molecule has 5 rings (SSSR count). The lowest BCUT2D eigenvalue weighted by atomic mass is 9.73. The van der Waals surface area contributed by atoms with E-state index in [0.29, 0.717) is 17.1 Å². The third-order valence-electron chi connectivity index (χ3n) is 8.34. The maximum Gasteiger partial charge on any atom is 0.286 e. The van der Waals surface area contributed by atoms with Crippen LogP contribution >= 0.6 is 0 Å². The quantitative estimate of drug-likeness (QED) is 0.201. The SMILES string of the molecule is C=C1CC(C)CC(CC)(NC(=O)CCCS(=O)(=O)c2nc(C)cc(-c3cc(F)c(=O)n(Cc4ccc5nnn(C)c5c4)c3)n2)C1. The lowest BCUT2D eigenvalue weighted by Crippen LogP contribution is -2.51. The highest BCUT2D eigenvalue weighted by Crippen LogP contribution is 2.37. The summed E-state index contributed by atoms with van der Waals surface area (Å²) in [6.45, 7) is 10.0. The average molecular weight is 636 g/mol. The van der Waals surface area contributed by atoms with Crippen LogP contribution in [0.2, 0.25) is 0 Å². The Kier molecular flexibility index (Phi) is 9.02. The summed E-state index contributed by atoms with van der Waals surface area (Å²) in [5.41, 5.74) is 2.86. The van der Waals surface area contributed by atoms with Gasteiger partial charge in [-0.05, 0) is 74.8 Å². The first-order chi connectivity index (χ1) is 21.3. The number of sulfone groups is 1. The molecule has 1 aromatic carbocycles. The van der Waals surface area contributed by atoms with Crippen LogP contribution in [0.4, 0.5) is 4.39 Å². The number of nitrogens with zero attached hydrogens (tertiary/aromatic N) is 6. The van der Waals surface area contributed by atoms with E-state index in [-0.39, 0.29) is 47.8 Å². The number of carbonyl (C=O) groups is 1. The topological polar surface area (TPSA) is 142 Å². The number of benzene rings is 1. The number of hydrogen-bond donors (Lipinski definition) is 1. The first kappa shape index (κ1) is 32.1. The molecule has 238 valence electrons. The highest BCUT2D eigenvalue weighted by molar-refractivity contribution is 7.91. The Bertz CT molecular complexity index is 1950. The van der Waals surface area contributed by atoms with E-state index in [1.54, 1.807) is 30.8 Å². The molecule has 1 saturated carbocycles. The van der Waals surface area contributed by atoms with Gasteiger partial charge in [-0.2, -0.15) is 0 Å². The van der Waals surface area contributed by atoms with Gasteiger partial charge in [0.2, 0.25) is 20.9 Å². The molecule has 0 radical (unpaired) electrons. The molecule has 11 nitrogen and oxygen atoms in total. The molecular formula is C32H38FN7O4S. The molecule has 1 N–H and O–H groups in total. The van der Waals surface area contributed by atoms with Crippen molar-refractivity contribution in [1.29, 1.82) is 0 Å². The molecule has 0 bridgehead atoms. The van der Waals surface area contributed by atoms with E-state index in [0.717, 1.165) is 48.4 Å². The zero-order valence-corrected chi connectivity index (χ0v) is 26.8. The molecule has 1 amide bonds. The summed E-state index contributed by atoms with van der Waals surface area (Å²) >= 11 is 0. The predicted octanol–water partition coefficient (Wildman–Crippen LogP) is 4.28. The van der Waals surface area contributed by atoms with Gasteiger partial charge >= 0.3 is 0 Å². The molecule has 1 aliphatic rings. The van der Waals surface area contributed by atoms with E-state index in [2.05, 4.69) is 39.1 Å². The van der Waals surface area contributed by atoms with E-state index in [4.69, 9.17) is 0 Å². The van der Waals surface area contributed by atoms with Gasteiger partial charge in [0.05, 0.1) is 23.5 Å². The van der Waals surface area contributed by atoms with Crippen LogP contribution in [-0.2, 0) is 28.2 Å². The Balaban J connectivity index is 1.32. The summed E-state index contributed by atoms with van der Waals surface area (Å²) in [6.07, 6.45) is 4.88. The minimum Gasteiger partial charge on any atom is -0.350 e. The average Bonchev–Trinajstić information content (AvgIpc) is 3.34. The fourth-order valence-electron chi connectivity index (χ4n) is 6.24. The number of amides is 1. The number of fused-ring (bicyclic) bond motifs is 1. The number of pyridine rings is 1. The minimum atomic E-state index is -3.97. The third-order valence-corrected chi connectivity index (χ3v) is 9.91. The molecule has 2 atom stereocenters. The maximum absolute atomic E-state index is 14.9. The van der Waals surface area contributed by atoms with Crippen LogP contribution in [0.25, 0.3) is 22.3 Å². The molecule has 0 spiro atoms. The normalized spacial score (nSPS) is 18.8. The summed E-state index contributed by atoms with van der Waals surface area (Å²) in [6, 6.07) is 7.95. The summed E-state index contributed by atoms with van der Waals surface area (Å²) in [5, 5.41) is 10.8. The predicted molar refractivity (Wildman–Crippen MR) is 169 cm³/mol. The number of halogens is 1. The Hall–Kier alpha value is -4.26. The Morgan fingerprint density at radius 2 is 2.00 bits per heavy atom. The summed E-state index contributed by atoms with van der Waals surface area (Å²) < 4.78 is 44.2. The number of carbonyl (C=O) groups excluding carboxylic acids is 1. The van der Waals surface area contributed by atoms with Gasteiger partial charge in [-0.1, -0.05) is 37.3 Å².